The van der Waals surface area contributed by atoms with Crippen LogP contribution < -0.4 is 5.32 Å². The summed E-state index contributed by atoms with van der Waals surface area (Å²) in [5, 5.41) is 14.5. The number of rotatable bonds is 4. The molecule has 1 saturated carbocycles. The molecule has 29 heavy (non-hydrogen) atoms. The summed E-state index contributed by atoms with van der Waals surface area (Å²) in [5.74, 6) is -1.30. The average Bonchev–Trinajstić information content (AvgIpc) is 3.08. The Morgan fingerprint density at radius 1 is 1.45 bits per heavy atom. The molecule has 1 aromatic carbocycles. The van der Waals surface area contributed by atoms with E-state index in [4.69, 9.17) is 11.6 Å². The molecule has 2 N–H and O–H groups in total. The SMILES string of the molecule is CSc1c(F)c(Cl)c(-c2ccc3nc(NC(=O)[C@@H]4C[C@@H]4F)cn3n2)c2cn[nH]c12. The highest BCUT2D eigenvalue weighted by molar-refractivity contribution is 7.98. The first-order valence-electron chi connectivity index (χ1n) is 8.67. The number of imidazole rings is 1. The molecule has 1 aliphatic carbocycles. The van der Waals surface area contributed by atoms with Crippen molar-refractivity contribution in [1.29, 1.82) is 0 Å². The van der Waals surface area contributed by atoms with Crippen LogP contribution in [-0.2, 0) is 4.79 Å². The zero-order chi connectivity index (χ0) is 20.3. The molecular formula is C18H13ClF2N6OS. The van der Waals surface area contributed by atoms with E-state index in [1.807, 2.05) is 0 Å². The summed E-state index contributed by atoms with van der Waals surface area (Å²) in [6.45, 7) is 0. The number of H-pyrrole nitrogens is 1. The lowest BCUT2D eigenvalue weighted by Gasteiger charge is -2.10. The molecule has 1 aliphatic rings. The van der Waals surface area contributed by atoms with Crippen LogP contribution in [0.15, 0.2) is 29.4 Å². The van der Waals surface area contributed by atoms with Gasteiger partial charge in [0.1, 0.15) is 6.17 Å². The fourth-order valence-corrected chi connectivity index (χ4v) is 4.25. The number of halogens is 3. The molecule has 4 aromatic rings. The number of aromatic nitrogens is 5. The Morgan fingerprint density at radius 2 is 2.24 bits per heavy atom. The van der Waals surface area contributed by atoms with Gasteiger partial charge in [0, 0.05) is 10.9 Å². The molecule has 148 valence electrons. The molecule has 11 heteroatoms. The number of alkyl halides is 1. The first kappa shape index (κ1) is 18.3. The van der Waals surface area contributed by atoms with Crippen molar-refractivity contribution in [2.24, 2.45) is 5.92 Å². The van der Waals surface area contributed by atoms with Crippen molar-refractivity contribution in [1.82, 2.24) is 24.8 Å². The summed E-state index contributed by atoms with van der Waals surface area (Å²) in [7, 11) is 0. The van der Waals surface area contributed by atoms with Gasteiger partial charge in [-0.15, -0.1) is 11.8 Å². The molecule has 7 nitrogen and oxygen atoms in total. The van der Waals surface area contributed by atoms with E-state index < -0.39 is 23.8 Å². The summed E-state index contributed by atoms with van der Waals surface area (Å²) < 4.78 is 29.3. The Morgan fingerprint density at radius 3 is 2.97 bits per heavy atom. The molecule has 3 heterocycles. The average molecular weight is 435 g/mol. The maximum Gasteiger partial charge on any atom is 0.231 e. The summed E-state index contributed by atoms with van der Waals surface area (Å²) in [6, 6.07) is 3.34. The number of hydrogen-bond donors (Lipinski definition) is 2. The standard InChI is InChI=1S/C18H13ClF2N6OS/c1-29-17-15(21)14(19)13(8-5-22-25-16(8)17)10-2-3-12-23-11(6-27(12)26-10)24-18(28)7-4-9(7)20/h2-3,5-7,9H,4H2,1H3,(H,22,25)(H,24,28)/t7-,9+/m1/s1. The molecule has 5 rings (SSSR count). The third-order valence-electron chi connectivity index (χ3n) is 4.83. The van der Waals surface area contributed by atoms with Crippen LogP contribution in [0.1, 0.15) is 6.42 Å². The van der Waals surface area contributed by atoms with Crippen LogP contribution in [0.4, 0.5) is 14.6 Å². The van der Waals surface area contributed by atoms with Crippen LogP contribution in [-0.4, -0.2) is 43.1 Å². The second kappa shape index (κ2) is 6.67. The highest BCUT2D eigenvalue weighted by atomic mass is 35.5. The van der Waals surface area contributed by atoms with Crippen molar-refractivity contribution in [2.45, 2.75) is 17.5 Å². The van der Waals surface area contributed by atoms with Gasteiger partial charge in [-0.3, -0.25) is 9.89 Å². The predicted molar refractivity (Wildman–Crippen MR) is 106 cm³/mol. The molecule has 1 fully saturated rings. The van der Waals surface area contributed by atoms with Gasteiger partial charge in [-0.1, -0.05) is 11.6 Å². The van der Waals surface area contributed by atoms with E-state index in [9.17, 15) is 13.6 Å². The zero-order valence-electron chi connectivity index (χ0n) is 14.9. The number of benzene rings is 1. The molecule has 3 aromatic heterocycles. The number of amides is 1. The molecule has 0 unspecified atom stereocenters. The monoisotopic (exact) mass is 434 g/mol. The molecule has 0 saturated heterocycles. The van der Waals surface area contributed by atoms with Gasteiger partial charge < -0.3 is 5.32 Å². The summed E-state index contributed by atoms with van der Waals surface area (Å²) in [5.41, 5.74) is 1.84. The van der Waals surface area contributed by atoms with Gasteiger partial charge in [0.15, 0.2) is 17.3 Å². The van der Waals surface area contributed by atoms with Crippen molar-refractivity contribution in [3.63, 3.8) is 0 Å². The van der Waals surface area contributed by atoms with Gasteiger partial charge >= 0.3 is 0 Å². The molecule has 0 bridgehead atoms. The summed E-state index contributed by atoms with van der Waals surface area (Å²) in [4.78, 5) is 16.6. The maximum absolute atomic E-state index is 14.8. The van der Waals surface area contributed by atoms with Crippen LogP contribution in [0, 0.1) is 11.7 Å². The highest BCUT2D eigenvalue weighted by Crippen LogP contribution is 2.41. The lowest BCUT2D eigenvalue weighted by molar-refractivity contribution is -0.117. The number of carbonyl (C=O) groups excluding carboxylic acids is 1. The quantitative estimate of drug-likeness (QED) is 0.472. The van der Waals surface area contributed by atoms with Crippen LogP contribution in [0.2, 0.25) is 5.02 Å². The number of anilines is 1. The fraction of sp³-hybridized carbons (Fsp3) is 0.222. The largest absolute Gasteiger partial charge is 0.309 e. The first-order chi connectivity index (χ1) is 14.0. The van der Waals surface area contributed by atoms with Gasteiger partial charge in [-0.05, 0) is 24.8 Å². The topological polar surface area (TPSA) is 88.0 Å². The van der Waals surface area contributed by atoms with Crippen LogP contribution in [0.25, 0.3) is 27.8 Å². The smallest absolute Gasteiger partial charge is 0.231 e. The molecule has 0 aliphatic heterocycles. The molecule has 1 amide bonds. The molecule has 0 radical (unpaired) electrons. The first-order valence-corrected chi connectivity index (χ1v) is 10.3. The van der Waals surface area contributed by atoms with Gasteiger partial charge in [-0.2, -0.15) is 10.2 Å². The number of nitrogens with zero attached hydrogens (tertiary/aromatic N) is 4. The predicted octanol–water partition coefficient (Wildman–Crippen LogP) is 4.08. The third-order valence-corrected chi connectivity index (χ3v) is 5.97. The van der Waals surface area contributed by atoms with Crippen LogP contribution in [0.5, 0.6) is 0 Å². The Kier molecular flexibility index (Phi) is 4.21. The van der Waals surface area contributed by atoms with E-state index in [1.165, 1.54) is 22.5 Å². The van der Waals surface area contributed by atoms with Gasteiger partial charge in [0.2, 0.25) is 5.91 Å². The van der Waals surface area contributed by atoms with Gasteiger partial charge in [-0.25, -0.2) is 18.3 Å². The highest BCUT2D eigenvalue weighted by Gasteiger charge is 2.43. The number of aromatic amines is 1. The van der Waals surface area contributed by atoms with Crippen molar-refractivity contribution < 1.29 is 13.6 Å². The minimum Gasteiger partial charge on any atom is -0.309 e. The summed E-state index contributed by atoms with van der Waals surface area (Å²) in [6.07, 6.45) is 3.99. The Balaban J connectivity index is 1.58. The number of thioether (sulfide) groups is 1. The van der Waals surface area contributed by atoms with Crippen molar-refractivity contribution >= 4 is 51.6 Å². The van der Waals surface area contributed by atoms with Crippen molar-refractivity contribution in [3.05, 3.63) is 35.4 Å². The Bertz CT molecular complexity index is 1290. The van der Waals surface area contributed by atoms with Crippen molar-refractivity contribution in [2.75, 3.05) is 11.6 Å². The Labute approximate surface area is 171 Å². The second-order valence-electron chi connectivity index (χ2n) is 6.69. The van der Waals surface area contributed by atoms with Crippen LogP contribution >= 0.6 is 23.4 Å². The number of carbonyl (C=O) groups is 1. The molecular weight excluding hydrogens is 422 g/mol. The van der Waals surface area contributed by atoms with E-state index in [0.29, 0.717) is 32.7 Å². The third kappa shape index (κ3) is 2.94. The van der Waals surface area contributed by atoms with E-state index in [2.05, 4.69) is 25.6 Å². The minimum absolute atomic E-state index is 0.0496. The number of hydrogen-bond acceptors (Lipinski definition) is 5. The maximum atomic E-state index is 14.8. The second-order valence-corrected chi connectivity index (χ2v) is 7.88. The Hall–Kier alpha value is -2.72. The molecule has 0 spiro atoms. The lowest BCUT2D eigenvalue weighted by Crippen LogP contribution is -2.15. The minimum atomic E-state index is -1.09. The summed E-state index contributed by atoms with van der Waals surface area (Å²) >= 11 is 7.57. The lowest BCUT2D eigenvalue weighted by atomic mass is 10.1. The zero-order valence-corrected chi connectivity index (χ0v) is 16.5. The normalized spacial score (nSPS) is 18.5. The number of nitrogens with one attached hydrogen (secondary N) is 2. The van der Waals surface area contributed by atoms with Crippen molar-refractivity contribution in [3.8, 4) is 11.3 Å². The van der Waals surface area contributed by atoms with E-state index in [1.54, 1.807) is 24.6 Å². The van der Waals surface area contributed by atoms with E-state index in [0.717, 1.165) is 0 Å². The van der Waals surface area contributed by atoms with Gasteiger partial charge in [0.05, 0.1) is 39.4 Å². The van der Waals surface area contributed by atoms with E-state index >= 15 is 0 Å². The van der Waals surface area contributed by atoms with Crippen LogP contribution in [0.3, 0.4) is 0 Å². The van der Waals surface area contributed by atoms with E-state index in [-0.39, 0.29) is 17.3 Å². The molecule has 2 atom stereocenters. The number of fused-ring (bicyclic) bond motifs is 2. The fourth-order valence-electron chi connectivity index (χ4n) is 3.26. The van der Waals surface area contributed by atoms with Gasteiger partial charge in [0.25, 0.3) is 0 Å².